The summed E-state index contributed by atoms with van der Waals surface area (Å²) in [7, 11) is 5.60. The highest BCUT2D eigenvalue weighted by Crippen LogP contribution is 2.30. The van der Waals surface area contributed by atoms with Crippen LogP contribution in [0.1, 0.15) is 34.8 Å². The van der Waals surface area contributed by atoms with Crippen LogP contribution in [0.15, 0.2) is 34.9 Å². The summed E-state index contributed by atoms with van der Waals surface area (Å²) in [4.78, 5) is 20.9. The third-order valence-corrected chi connectivity index (χ3v) is 4.58. The van der Waals surface area contributed by atoms with Crippen LogP contribution >= 0.6 is 0 Å². The summed E-state index contributed by atoms with van der Waals surface area (Å²) < 4.78 is 10.8. The van der Waals surface area contributed by atoms with Crippen molar-refractivity contribution in [3.05, 3.63) is 47.7 Å². The fourth-order valence-electron chi connectivity index (χ4n) is 2.86. The van der Waals surface area contributed by atoms with Gasteiger partial charge in [0.1, 0.15) is 12.0 Å². The second-order valence-electron chi connectivity index (χ2n) is 7.17. The van der Waals surface area contributed by atoms with Crippen LogP contribution in [-0.4, -0.2) is 61.0 Å². The molecule has 0 radical (unpaired) electrons. The molecule has 1 saturated carbocycles. The van der Waals surface area contributed by atoms with Gasteiger partial charge in [0, 0.05) is 25.7 Å². The van der Waals surface area contributed by atoms with E-state index in [0.717, 1.165) is 18.8 Å². The van der Waals surface area contributed by atoms with Crippen molar-refractivity contribution in [2.45, 2.75) is 32.0 Å². The molecule has 0 unspecified atom stereocenters. The van der Waals surface area contributed by atoms with Gasteiger partial charge in [0.15, 0.2) is 5.69 Å². The van der Waals surface area contributed by atoms with Gasteiger partial charge < -0.3 is 19.4 Å². The fourth-order valence-corrected chi connectivity index (χ4v) is 2.86. The quantitative estimate of drug-likeness (QED) is 0.689. The Labute approximate surface area is 160 Å². The molecule has 7 heteroatoms. The minimum Gasteiger partial charge on any atom is -0.497 e. The Morgan fingerprint density at radius 3 is 2.63 bits per heavy atom. The maximum Gasteiger partial charge on any atom is 0.273 e. The lowest BCUT2D eigenvalue weighted by Crippen LogP contribution is -2.31. The number of hydrogen-bond donors (Lipinski definition) is 1. The van der Waals surface area contributed by atoms with Gasteiger partial charge in [-0.3, -0.25) is 9.69 Å². The fraction of sp³-hybridized carbons (Fsp3) is 0.500. The third kappa shape index (κ3) is 5.80. The normalized spacial score (nSPS) is 14.0. The predicted molar refractivity (Wildman–Crippen MR) is 103 cm³/mol. The van der Waals surface area contributed by atoms with Crippen LogP contribution < -0.4 is 10.1 Å². The number of ether oxygens (including phenoxy) is 1. The average molecular weight is 372 g/mol. The molecule has 27 heavy (non-hydrogen) atoms. The van der Waals surface area contributed by atoms with E-state index in [2.05, 4.69) is 27.3 Å². The standard InChI is InChI=1S/C20H28N4O3/c1-23(2)11-10-21-20(25)18-14-27-19(22-18)13-24(16-6-7-16)12-15-4-8-17(26-3)9-5-15/h4-5,8-9,14,16H,6-7,10-13H2,1-3H3,(H,21,25). The molecule has 0 atom stereocenters. The minimum absolute atomic E-state index is 0.194. The van der Waals surface area contributed by atoms with Gasteiger partial charge in [-0.2, -0.15) is 0 Å². The Hall–Kier alpha value is -2.38. The number of methoxy groups -OCH3 is 1. The number of nitrogens with one attached hydrogen (secondary N) is 1. The first kappa shape index (κ1) is 19.4. The largest absolute Gasteiger partial charge is 0.497 e. The van der Waals surface area contributed by atoms with Crippen molar-refractivity contribution < 1.29 is 13.9 Å². The smallest absolute Gasteiger partial charge is 0.273 e. The lowest BCUT2D eigenvalue weighted by Gasteiger charge is -2.20. The van der Waals surface area contributed by atoms with Gasteiger partial charge in [0.2, 0.25) is 5.89 Å². The number of amides is 1. The number of rotatable bonds is 10. The first-order chi connectivity index (χ1) is 13.0. The zero-order chi connectivity index (χ0) is 19.2. The molecule has 1 heterocycles. The molecule has 0 bridgehead atoms. The number of aromatic nitrogens is 1. The van der Waals surface area contributed by atoms with Crippen molar-refractivity contribution in [1.82, 2.24) is 20.1 Å². The van der Waals surface area contributed by atoms with Gasteiger partial charge in [0.25, 0.3) is 5.91 Å². The van der Waals surface area contributed by atoms with Crippen molar-refractivity contribution in [2.75, 3.05) is 34.3 Å². The van der Waals surface area contributed by atoms with Crippen molar-refractivity contribution >= 4 is 5.91 Å². The molecule has 3 rings (SSSR count). The molecule has 1 aliphatic rings. The highest BCUT2D eigenvalue weighted by molar-refractivity contribution is 5.91. The van der Waals surface area contributed by atoms with E-state index in [1.165, 1.54) is 24.7 Å². The van der Waals surface area contributed by atoms with Crippen molar-refractivity contribution in [1.29, 1.82) is 0 Å². The summed E-state index contributed by atoms with van der Waals surface area (Å²) in [5.74, 6) is 1.24. The van der Waals surface area contributed by atoms with Gasteiger partial charge in [-0.15, -0.1) is 0 Å². The number of carbonyl (C=O) groups excluding carboxylic acids is 1. The van der Waals surface area contributed by atoms with Crippen molar-refractivity contribution in [2.24, 2.45) is 0 Å². The maximum atomic E-state index is 12.1. The topological polar surface area (TPSA) is 70.8 Å². The monoisotopic (exact) mass is 372 g/mol. The Morgan fingerprint density at radius 2 is 2.00 bits per heavy atom. The predicted octanol–water partition coefficient (Wildman–Crippen LogP) is 2.14. The molecule has 1 aliphatic carbocycles. The number of benzene rings is 1. The zero-order valence-electron chi connectivity index (χ0n) is 16.3. The average Bonchev–Trinajstić information content (AvgIpc) is 3.40. The molecule has 0 aliphatic heterocycles. The molecular formula is C20H28N4O3. The Balaban J connectivity index is 1.57. The van der Waals surface area contributed by atoms with E-state index in [-0.39, 0.29) is 5.91 Å². The molecule has 1 N–H and O–H groups in total. The summed E-state index contributed by atoms with van der Waals surface area (Å²) in [6.45, 7) is 2.79. The Kier molecular flexibility index (Phi) is 6.47. The second-order valence-corrected chi connectivity index (χ2v) is 7.17. The van der Waals surface area contributed by atoms with Gasteiger partial charge in [-0.1, -0.05) is 12.1 Å². The molecule has 1 aromatic carbocycles. The molecule has 0 saturated heterocycles. The van der Waals surface area contributed by atoms with Crippen LogP contribution in [0.25, 0.3) is 0 Å². The van der Waals surface area contributed by atoms with Gasteiger partial charge in [0.05, 0.1) is 13.7 Å². The van der Waals surface area contributed by atoms with Gasteiger partial charge in [-0.05, 0) is 44.6 Å². The molecule has 1 fully saturated rings. The summed E-state index contributed by atoms with van der Waals surface area (Å²) >= 11 is 0. The van der Waals surface area contributed by atoms with Crippen LogP contribution in [0.4, 0.5) is 0 Å². The summed E-state index contributed by atoms with van der Waals surface area (Å²) in [5.41, 5.74) is 1.56. The number of hydrogen-bond acceptors (Lipinski definition) is 6. The van der Waals surface area contributed by atoms with Gasteiger partial charge >= 0.3 is 0 Å². The third-order valence-electron chi connectivity index (χ3n) is 4.58. The molecule has 0 spiro atoms. The lowest BCUT2D eigenvalue weighted by molar-refractivity contribution is 0.0946. The van der Waals surface area contributed by atoms with Crippen LogP contribution in [0, 0.1) is 0 Å². The molecule has 1 aromatic heterocycles. The summed E-state index contributed by atoms with van der Waals surface area (Å²) in [6.07, 6.45) is 3.82. The molecule has 146 valence electrons. The number of oxazole rings is 1. The zero-order valence-corrected chi connectivity index (χ0v) is 16.3. The van der Waals surface area contributed by atoms with Crippen LogP contribution in [0.3, 0.4) is 0 Å². The highest BCUT2D eigenvalue weighted by atomic mass is 16.5. The molecular weight excluding hydrogens is 344 g/mol. The summed E-state index contributed by atoms with van der Waals surface area (Å²) in [6, 6.07) is 8.65. The van der Waals surface area contributed by atoms with E-state index in [4.69, 9.17) is 9.15 Å². The van der Waals surface area contributed by atoms with Crippen molar-refractivity contribution in [3.8, 4) is 5.75 Å². The van der Waals surface area contributed by atoms with Crippen molar-refractivity contribution in [3.63, 3.8) is 0 Å². The first-order valence-electron chi connectivity index (χ1n) is 9.29. The minimum atomic E-state index is -0.194. The van der Waals surface area contributed by atoms with Crippen LogP contribution in [0.5, 0.6) is 5.75 Å². The van der Waals surface area contributed by atoms with Gasteiger partial charge in [-0.25, -0.2) is 4.98 Å². The Morgan fingerprint density at radius 1 is 1.26 bits per heavy atom. The number of likely N-dealkylation sites (N-methyl/N-ethyl adjacent to an activating group) is 1. The Bertz CT molecular complexity index is 738. The molecule has 1 amide bonds. The second kappa shape index (κ2) is 9.01. The highest BCUT2D eigenvalue weighted by Gasteiger charge is 2.30. The van der Waals surface area contributed by atoms with E-state index < -0.39 is 0 Å². The lowest BCUT2D eigenvalue weighted by atomic mass is 10.2. The summed E-state index contributed by atoms with van der Waals surface area (Å²) in [5, 5.41) is 2.85. The number of carbonyl (C=O) groups is 1. The molecule has 7 nitrogen and oxygen atoms in total. The van der Waals surface area contributed by atoms with Crippen LogP contribution in [-0.2, 0) is 13.1 Å². The van der Waals surface area contributed by atoms with Crippen LogP contribution in [0.2, 0.25) is 0 Å². The maximum absolute atomic E-state index is 12.1. The first-order valence-corrected chi connectivity index (χ1v) is 9.29. The van der Waals surface area contributed by atoms with E-state index in [0.29, 0.717) is 30.7 Å². The number of nitrogens with zero attached hydrogens (tertiary/aromatic N) is 3. The SMILES string of the molecule is COc1ccc(CN(Cc2nc(C(=O)NCCN(C)C)co2)C2CC2)cc1. The van der Waals surface area contributed by atoms with E-state index >= 15 is 0 Å². The van der Waals surface area contributed by atoms with E-state index in [1.807, 2.05) is 31.1 Å². The van der Waals surface area contributed by atoms with E-state index in [1.54, 1.807) is 7.11 Å². The molecule has 2 aromatic rings. The van der Waals surface area contributed by atoms with E-state index in [9.17, 15) is 4.79 Å².